The van der Waals surface area contributed by atoms with Crippen molar-refractivity contribution in [3.05, 3.63) is 71.3 Å². The number of aryl methyl sites for hydroxylation is 1. The summed E-state index contributed by atoms with van der Waals surface area (Å²) in [5, 5.41) is 2.74. The standard InChI is InChI=1S/C26H24N2O5/c1-14-4-3-5-20(15(14)2)27-21(29)13-33-26(32)16-8-10-19(11-9-16)28-24(30)22-17-6-7-18(12-17)23(22)25(28)31/h3-11,17-18,22-23H,12-13H2,1-2H3,(H,27,29)/t17-,18-,22+,23+/m0/s1. The number of ether oxygens (including phenoxy) is 1. The van der Waals surface area contributed by atoms with Crippen molar-refractivity contribution in [3.8, 4) is 0 Å². The lowest BCUT2D eigenvalue weighted by molar-refractivity contribution is -0.123. The smallest absolute Gasteiger partial charge is 0.338 e. The lowest BCUT2D eigenvalue weighted by Crippen LogP contribution is -2.32. The predicted molar refractivity (Wildman–Crippen MR) is 121 cm³/mol. The van der Waals surface area contributed by atoms with Crippen molar-refractivity contribution in [2.45, 2.75) is 20.3 Å². The molecule has 0 unspecified atom stereocenters. The van der Waals surface area contributed by atoms with Gasteiger partial charge < -0.3 is 10.1 Å². The number of nitrogens with one attached hydrogen (secondary N) is 1. The summed E-state index contributed by atoms with van der Waals surface area (Å²) in [7, 11) is 0. The Balaban J connectivity index is 1.21. The summed E-state index contributed by atoms with van der Waals surface area (Å²) in [6, 6.07) is 11.7. The van der Waals surface area contributed by atoms with E-state index < -0.39 is 18.5 Å². The molecular formula is C26H24N2O5. The molecule has 3 aliphatic rings. The molecule has 7 heteroatoms. The third-order valence-electron chi connectivity index (χ3n) is 7.04. The second kappa shape index (κ2) is 7.99. The van der Waals surface area contributed by atoms with Gasteiger partial charge in [-0.15, -0.1) is 0 Å². The highest BCUT2D eigenvalue weighted by molar-refractivity contribution is 6.22. The van der Waals surface area contributed by atoms with Crippen LogP contribution in [0.2, 0.25) is 0 Å². The van der Waals surface area contributed by atoms with Crippen molar-refractivity contribution < 1.29 is 23.9 Å². The molecule has 1 saturated heterocycles. The number of anilines is 2. The average molecular weight is 444 g/mol. The number of carbonyl (C=O) groups excluding carboxylic acids is 4. The molecular weight excluding hydrogens is 420 g/mol. The Bertz CT molecular complexity index is 1170. The molecule has 2 aliphatic carbocycles. The maximum atomic E-state index is 12.9. The minimum absolute atomic E-state index is 0.144. The summed E-state index contributed by atoms with van der Waals surface area (Å²) in [5.41, 5.74) is 3.36. The molecule has 5 rings (SSSR count). The largest absolute Gasteiger partial charge is 0.452 e. The molecule has 1 saturated carbocycles. The van der Waals surface area contributed by atoms with E-state index in [4.69, 9.17) is 4.74 Å². The number of allylic oxidation sites excluding steroid dienone is 2. The summed E-state index contributed by atoms with van der Waals surface area (Å²) < 4.78 is 5.13. The molecule has 3 amide bonds. The molecule has 2 fully saturated rings. The maximum absolute atomic E-state index is 12.9. The topological polar surface area (TPSA) is 92.8 Å². The second-order valence-electron chi connectivity index (χ2n) is 8.93. The number of benzene rings is 2. The number of carbonyl (C=O) groups is 4. The SMILES string of the molecule is Cc1cccc(NC(=O)COC(=O)c2ccc(N3C(=O)[C@H]4[C@H](C3=O)[C@H]3C=C[C@H]4C3)cc2)c1C. The summed E-state index contributed by atoms with van der Waals surface area (Å²) >= 11 is 0. The zero-order chi connectivity index (χ0) is 23.3. The highest BCUT2D eigenvalue weighted by atomic mass is 16.5. The molecule has 168 valence electrons. The van der Waals surface area contributed by atoms with E-state index in [1.165, 1.54) is 17.0 Å². The van der Waals surface area contributed by atoms with Crippen molar-refractivity contribution in [2.75, 3.05) is 16.8 Å². The molecule has 1 N–H and O–H groups in total. The maximum Gasteiger partial charge on any atom is 0.338 e. The molecule has 2 aromatic rings. The molecule has 2 bridgehead atoms. The first-order chi connectivity index (χ1) is 15.8. The lowest BCUT2D eigenvalue weighted by atomic mass is 9.85. The predicted octanol–water partition coefficient (Wildman–Crippen LogP) is 3.41. The lowest BCUT2D eigenvalue weighted by Gasteiger charge is -2.17. The molecule has 1 aliphatic heterocycles. The fourth-order valence-corrected chi connectivity index (χ4v) is 5.19. The number of esters is 1. The molecule has 4 atom stereocenters. The molecule has 1 heterocycles. The van der Waals surface area contributed by atoms with Crippen LogP contribution in [-0.4, -0.2) is 30.3 Å². The van der Waals surface area contributed by atoms with Crippen LogP contribution in [-0.2, 0) is 19.1 Å². The van der Waals surface area contributed by atoms with E-state index in [0.717, 1.165) is 17.5 Å². The van der Waals surface area contributed by atoms with Crippen LogP contribution < -0.4 is 10.2 Å². The van der Waals surface area contributed by atoms with E-state index in [-0.39, 0.29) is 41.0 Å². The van der Waals surface area contributed by atoms with E-state index in [0.29, 0.717) is 11.4 Å². The van der Waals surface area contributed by atoms with Gasteiger partial charge in [0.05, 0.1) is 23.1 Å². The Morgan fingerprint density at radius 2 is 1.61 bits per heavy atom. The molecule has 0 spiro atoms. The van der Waals surface area contributed by atoms with Crippen LogP contribution in [0.5, 0.6) is 0 Å². The van der Waals surface area contributed by atoms with Crippen molar-refractivity contribution in [3.63, 3.8) is 0 Å². The highest BCUT2D eigenvalue weighted by Crippen LogP contribution is 2.53. The quantitative estimate of drug-likeness (QED) is 0.433. The summed E-state index contributed by atoms with van der Waals surface area (Å²) in [6.07, 6.45) is 4.98. The van der Waals surface area contributed by atoms with Crippen LogP contribution in [0.1, 0.15) is 27.9 Å². The van der Waals surface area contributed by atoms with Crippen molar-refractivity contribution in [1.82, 2.24) is 0 Å². The number of hydrogen-bond acceptors (Lipinski definition) is 5. The monoisotopic (exact) mass is 444 g/mol. The second-order valence-corrected chi connectivity index (χ2v) is 8.93. The first kappa shape index (κ1) is 21.1. The van der Waals surface area contributed by atoms with Gasteiger partial charge in [-0.25, -0.2) is 4.79 Å². The Morgan fingerprint density at radius 1 is 0.970 bits per heavy atom. The average Bonchev–Trinajstić information content (AvgIpc) is 3.49. The normalized spacial score (nSPS) is 24.8. The highest BCUT2D eigenvalue weighted by Gasteiger charge is 2.59. The fourth-order valence-electron chi connectivity index (χ4n) is 5.19. The molecule has 2 aromatic carbocycles. The summed E-state index contributed by atoms with van der Waals surface area (Å²) in [5.74, 6) is -1.68. The van der Waals surface area contributed by atoms with Gasteiger partial charge in [-0.2, -0.15) is 0 Å². The van der Waals surface area contributed by atoms with Gasteiger partial charge in [0, 0.05) is 5.69 Å². The molecule has 33 heavy (non-hydrogen) atoms. The summed E-state index contributed by atoms with van der Waals surface area (Å²) in [6.45, 7) is 3.44. The number of rotatable bonds is 5. The Hall–Kier alpha value is -3.74. The van der Waals surface area contributed by atoms with E-state index in [2.05, 4.69) is 17.5 Å². The van der Waals surface area contributed by atoms with Crippen molar-refractivity contribution in [1.29, 1.82) is 0 Å². The van der Waals surface area contributed by atoms with Crippen LogP contribution in [0.25, 0.3) is 0 Å². The molecule has 0 aromatic heterocycles. The Morgan fingerprint density at radius 3 is 2.24 bits per heavy atom. The number of hydrogen-bond donors (Lipinski definition) is 1. The number of fused-ring (bicyclic) bond motifs is 5. The first-order valence-corrected chi connectivity index (χ1v) is 11.0. The van der Waals surface area contributed by atoms with E-state index in [1.54, 1.807) is 18.2 Å². The zero-order valence-electron chi connectivity index (χ0n) is 18.4. The Kier molecular flexibility index (Phi) is 5.12. The van der Waals surface area contributed by atoms with Gasteiger partial charge in [0.25, 0.3) is 5.91 Å². The molecule has 7 nitrogen and oxygen atoms in total. The van der Waals surface area contributed by atoms with E-state index in [1.807, 2.05) is 26.0 Å². The van der Waals surface area contributed by atoms with Gasteiger partial charge in [-0.1, -0.05) is 24.3 Å². The molecule has 0 radical (unpaired) electrons. The van der Waals surface area contributed by atoms with Gasteiger partial charge in [0.2, 0.25) is 11.8 Å². The van der Waals surface area contributed by atoms with Crippen molar-refractivity contribution >= 4 is 35.1 Å². The van der Waals surface area contributed by atoms with E-state index in [9.17, 15) is 19.2 Å². The van der Waals surface area contributed by atoms with Crippen LogP contribution >= 0.6 is 0 Å². The van der Waals surface area contributed by atoms with Gasteiger partial charge in [0.1, 0.15) is 0 Å². The van der Waals surface area contributed by atoms with Gasteiger partial charge in [0.15, 0.2) is 6.61 Å². The summed E-state index contributed by atoms with van der Waals surface area (Å²) in [4.78, 5) is 51.6. The van der Waals surface area contributed by atoms with Crippen LogP contribution in [0, 0.1) is 37.5 Å². The van der Waals surface area contributed by atoms with Crippen LogP contribution in [0.15, 0.2) is 54.6 Å². The minimum Gasteiger partial charge on any atom is -0.452 e. The number of imide groups is 1. The zero-order valence-corrected chi connectivity index (χ0v) is 18.4. The third-order valence-corrected chi connectivity index (χ3v) is 7.04. The van der Waals surface area contributed by atoms with E-state index >= 15 is 0 Å². The van der Waals surface area contributed by atoms with Crippen LogP contribution in [0.4, 0.5) is 11.4 Å². The first-order valence-electron chi connectivity index (χ1n) is 11.0. The van der Waals surface area contributed by atoms with Gasteiger partial charge >= 0.3 is 5.97 Å². The number of amides is 3. The van der Waals surface area contributed by atoms with Crippen LogP contribution in [0.3, 0.4) is 0 Å². The van der Waals surface area contributed by atoms with Crippen molar-refractivity contribution in [2.24, 2.45) is 23.7 Å². The Labute approximate surface area is 191 Å². The van der Waals surface area contributed by atoms with Gasteiger partial charge in [-0.3, -0.25) is 19.3 Å². The third kappa shape index (κ3) is 3.53. The minimum atomic E-state index is -0.657. The van der Waals surface area contributed by atoms with Gasteiger partial charge in [-0.05, 0) is 73.6 Å². The fraction of sp³-hybridized carbons (Fsp3) is 0.308. The number of nitrogens with zero attached hydrogens (tertiary/aromatic N) is 1.